The lowest BCUT2D eigenvalue weighted by Crippen LogP contribution is -2.47. The molecule has 0 aromatic rings. The molecular formula is C10H27NO3. The summed E-state index contributed by atoms with van der Waals surface area (Å²) in [4.78, 5) is 0. The van der Waals surface area contributed by atoms with Gasteiger partial charge in [-0.15, -0.1) is 0 Å². The Bertz CT molecular complexity index is 75.9. The summed E-state index contributed by atoms with van der Waals surface area (Å²) in [7, 11) is 0. The third-order valence-electron chi connectivity index (χ3n) is 2.78. The molecule has 90 valence electrons. The predicted octanol–water partition coefficient (Wildman–Crippen LogP) is 0.677. The summed E-state index contributed by atoms with van der Waals surface area (Å²) in [5.41, 5.74) is 0. The van der Waals surface area contributed by atoms with E-state index in [9.17, 15) is 0 Å². The van der Waals surface area contributed by atoms with Gasteiger partial charge in [-0.05, 0) is 27.7 Å². The number of hydrogen-bond donors (Lipinski definition) is 2. The van der Waals surface area contributed by atoms with E-state index in [-0.39, 0.29) is 18.7 Å². The maximum atomic E-state index is 7.62. The number of hydrogen-bond acceptors (Lipinski definition) is 3. The fourth-order valence-corrected chi connectivity index (χ4v) is 1.34. The van der Waals surface area contributed by atoms with Crippen LogP contribution in [0.1, 0.15) is 27.7 Å². The molecule has 0 saturated carbocycles. The van der Waals surface area contributed by atoms with E-state index in [0.717, 1.165) is 0 Å². The van der Waals surface area contributed by atoms with Gasteiger partial charge in [0.2, 0.25) is 0 Å². The van der Waals surface area contributed by atoms with Gasteiger partial charge in [0.15, 0.2) is 0 Å². The second kappa shape index (κ2) is 12.8. The molecule has 0 saturated heterocycles. The molecule has 0 aliphatic rings. The monoisotopic (exact) mass is 209 g/mol. The van der Waals surface area contributed by atoms with Crippen molar-refractivity contribution < 1.29 is 20.2 Å². The van der Waals surface area contributed by atoms with Gasteiger partial charge in [-0.2, -0.15) is 0 Å². The predicted molar refractivity (Wildman–Crippen MR) is 58.5 cm³/mol. The van der Waals surface area contributed by atoms with Crippen LogP contribution in [0.25, 0.3) is 0 Å². The standard InChI is InChI=1S/C8H20N.C2H6O2.H2O/c1-5-9(6-2,7-3)8-4;3-1-2-4;/h5-8H2,1-4H3;3-4H,1-2H2;1H2/q+1;;/p-1. The highest BCUT2D eigenvalue weighted by atomic mass is 16.3. The minimum Gasteiger partial charge on any atom is -0.870 e. The van der Waals surface area contributed by atoms with Crippen LogP contribution in [0, 0.1) is 0 Å². The first-order valence-electron chi connectivity index (χ1n) is 5.23. The van der Waals surface area contributed by atoms with Crippen molar-refractivity contribution in [1.82, 2.24) is 0 Å². The Labute approximate surface area is 88.1 Å². The van der Waals surface area contributed by atoms with Crippen molar-refractivity contribution in [3.63, 3.8) is 0 Å². The van der Waals surface area contributed by atoms with Gasteiger partial charge in [-0.25, -0.2) is 0 Å². The molecule has 0 aromatic heterocycles. The molecule has 4 heteroatoms. The SMILES string of the molecule is CC[N+](CC)(CC)CC.OCCO.[OH-]. The fraction of sp³-hybridized carbons (Fsp3) is 1.00. The Balaban J connectivity index is -0.000000209. The van der Waals surface area contributed by atoms with Gasteiger partial charge in [0.1, 0.15) is 0 Å². The number of aliphatic hydroxyl groups excluding tert-OH is 2. The van der Waals surface area contributed by atoms with Gasteiger partial charge in [0, 0.05) is 0 Å². The third-order valence-corrected chi connectivity index (χ3v) is 2.78. The highest BCUT2D eigenvalue weighted by Gasteiger charge is 2.16. The minimum atomic E-state index is -0.125. The number of nitrogens with zero attached hydrogens (tertiary/aromatic N) is 1. The molecule has 0 aliphatic carbocycles. The van der Waals surface area contributed by atoms with Gasteiger partial charge in [-0.3, -0.25) is 0 Å². The van der Waals surface area contributed by atoms with E-state index in [4.69, 9.17) is 10.2 Å². The summed E-state index contributed by atoms with van der Waals surface area (Å²) in [6.45, 7) is 14.0. The molecule has 0 unspecified atom stereocenters. The van der Waals surface area contributed by atoms with E-state index in [1.54, 1.807) is 0 Å². The Hall–Kier alpha value is -0.160. The Morgan fingerprint density at radius 1 is 0.714 bits per heavy atom. The lowest BCUT2D eigenvalue weighted by Gasteiger charge is -2.34. The van der Waals surface area contributed by atoms with E-state index in [1.807, 2.05) is 0 Å². The maximum absolute atomic E-state index is 7.62. The molecule has 0 aromatic carbocycles. The zero-order valence-electron chi connectivity index (χ0n) is 10.0. The topological polar surface area (TPSA) is 70.5 Å². The van der Waals surface area contributed by atoms with Crippen LogP contribution in [-0.4, -0.2) is 59.6 Å². The lowest BCUT2D eigenvalue weighted by atomic mass is 10.3. The van der Waals surface area contributed by atoms with Crippen molar-refractivity contribution in [2.75, 3.05) is 39.4 Å². The normalized spacial score (nSPS) is 9.86. The smallest absolute Gasteiger partial charge is 0.0757 e. The number of aliphatic hydroxyl groups is 2. The summed E-state index contributed by atoms with van der Waals surface area (Å²) < 4.78 is 1.28. The maximum Gasteiger partial charge on any atom is 0.0757 e. The average molecular weight is 209 g/mol. The molecule has 0 heterocycles. The summed E-state index contributed by atoms with van der Waals surface area (Å²) in [6, 6.07) is 0. The Kier molecular flexibility index (Phi) is 17.8. The van der Waals surface area contributed by atoms with Crippen molar-refractivity contribution in [3.8, 4) is 0 Å². The van der Waals surface area contributed by atoms with Crippen molar-refractivity contribution >= 4 is 0 Å². The molecule has 0 bridgehead atoms. The Morgan fingerprint density at radius 3 is 0.929 bits per heavy atom. The van der Waals surface area contributed by atoms with Gasteiger partial charge in [0.25, 0.3) is 0 Å². The van der Waals surface area contributed by atoms with Crippen LogP contribution in [-0.2, 0) is 0 Å². The highest BCUT2D eigenvalue weighted by Crippen LogP contribution is 2.03. The van der Waals surface area contributed by atoms with Crippen molar-refractivity contribution in [3.05, 3.63) is 0 Å². The van der Waals surface area contributed by atoms with Gasteiger partial charge in [0.05, 0.1) is 39.4 Å². The first-order chi connectivity index (χ1) is 6.16. The lowest BCUT2D eigenvalue weighted by molar-refractivity contribution is -0.921. The molecule has 4 nitrogen and oxygen atoms in total. The highest BCUT2D eigenvalue weighted by molar-refractivity contribution is 4.31. The minimum absolute atomic E-state index is 0. The summed E-state index contributed by atoms with van der Waals surface area (Å²) in [5, 5.41) is 15.2. The Morgan fingerprint density at radius 2 is 0.929 bits per heavy atom. The molecule has 0 fully saturated rings. The summed E-state index contributed by atoms with van der Waals surface area (Å²) in [6.07, 6.45) is 0. The molecule has 0 aliphatic heterocycles. The van der Waals surface area contributed by atoms with Crippen LogP contribution in [0.3, 0.4) is 0 Å². The van der Waals surface area contributed by atoms with Crippen LogP contribution < -0.4 is 0 Å². The molecule has 3 N–H and O–H groups in total. The van der Waals surface area contributed by atoms with Crippen LogP contribution >= 0.6 is 0 Å². The first kappa shape index (κ1) is 19.4. The van der Waals surface area contributed by atoms with E-state index in [2.05, 4.69) is 27.7 Å². The first-order valence-corrected chi connectivity index (χ1v) is 5.23. The second-order valence-electron chi connectivity index (χ2n) is 3.05. The van der Waals surface area contributed by atoms with Crippen LogP contribution in [0.5, 0.6) is 0 Å². The van der Waals surface area contributed by atoms with Gasteiger partial charge < -0.3 is 20.2 Å². The molecule has 0 atom stereocenters. The van der Waals surface area contributed by atoms with Crippen molar-refractivity contribution in [2.45, 2.75) is 27.7 Å². The van der Waals surface area contributed by atoms with Crippen LogP contribution in [0.2, 0.25) is 0 Å². The zero-order valence-corrected chi connectivity index (χ0v) is 10.0. The van der Waals surface area contributed by atoms with Crippen molar-refractivity contribution in [1.29, 1.82) is 0 Å². The number of quaternary nitrogens is 1. The van der Waals surface area contributed by atoms with Crippen LogP contribution in [0.4, 0.5) is 0 Å². The third kappa shape index (κ3) is 8.44. The van der Waals surface area contributed by atoms with Crippen LogP contribution in [0.15, 0.2) is 0 Å². The van der Waals surface area contributed by atoms with E-state index in [1.165, 1.54) is 30.7 Å². The molecule has 0 rings (SSSR count). The summed E-state index contributed by atoms with van der Waals surface area (Å²) >= 11 is 0. The van der Waals surface area contributed by atoms with Gasteiger partial charge in [-0.1, -0.05) is 0 Å². The van der Waals surface area contributed by atoms with E-state index < -0.39 is 0 Å². The molecule has 14 heavy (non-hydrogen) atoms. The zero-order chi connectivity index (χ0) is 10.7. The quantitative estimate of drug-likeness (QED) is 0.654. The van der Waals surface area contributed by atoms with E-state index >= 15 is 0 Å². The fourth-order valence-electron chi connectivity index (χ4n) is 1.34. The summed E-state index contributed by atoms with van der Waals surface area (Å²) in [5.74, 6) is 0. The molecule has 0 amide bonds. The molecule has 0 spiro atoms. The number of rotatable bonds is 5. The largest absolute Gasteiger partial charge is 0.870 e. The molecular weight excluding hydrogens is 182 g/mol. The van der Waals surface area contributed by atoms with E-state index in [0.29, 0.717) is 0 Å². The average Bonchev–Trinajstić information content (AvgIpc) is 2.23. The van der Waals surface area contributed by atoms with Gasteiger partial charge >= 0.3 is 0 Å². The van der Waals surface area contributed by atoms with Crippen molar-refractivity contribution in [2.24, 2.45) is 0 Å². The second-order valence-corrected chi connectivity index (χ2v) is 3.05. The molecule has 0 radical (unpaired) electrons.